The molecule has 1 N–H and O–H groups in total. The zero-order chi connectivity index (χ0) is 15.4. The van der Waals surface area contributed by atoms with E-state index in [9.17, 15) is 10.1 Å². The highest BCUT2D eigenvalue weighted by molar-refractivity contribution is 6.31. The van der Waals surface area contributed by atoms with Gasteiger partial charge in [0.2, 0.25) is 0 Å². The number of ether oxygens (including phenoxy) is 1. The molecule has 108 valence electrons. The van der Waals surface area contributed by atoms with Crippen LogP contribution in [0.3, 0.4) is 0 Å². The third-order valence-electron chi connectivity index (χ3n) is 2.97. The van der Waals surface area contributed by atoms with Gasteiger partial charge in [0.1, 0.15) is 17.4 Å². The molecule has 0 saturated carbocycles. The second-order valence-corrected chi connectivity index (χ2v) is 5.11. The summed E-state index contributed by atoms with van der Waals surface area (Å²) < 4.78 is 5.69. The fraction of sp³-hybridized carbons (Fsp3) is 0.250. The molecule has 0 atom stereocenters. The van der Waals surface area contributed by atoms with Gasteiger partial charge in [-0.1, -0.05) is 18.5 Å². The number of nitriles is 1. The average molecular weight is 303 g/mol. The van der Waals surface area contributed by atoms with Crippen LogP contribution in [0, 0.1) is 18.3 Å². The first-order valence-electron chi connectivity index (χ1n) is 6.63. The van der Waals surface area contributed by atoms with Crippen LogP contribution in [0.4, 0.5) is 0 Å². The van der Waals surface area contributed by atoms with Crippen LogP contribution in [0.5, 0.6) is 5.75 Å². The number of aromatic nitrogens is 1. The molecule has 0 amide bonds. The molecule has 4 nitrogen and oxygen atoms in total. The third-order valence-corrected chi connectivity index (χ3v) is 3.21. The van der Waals surface area contributed by atoms with Crippen LogP contribution in [0.2, 0.25) is 5.02 Å². The largest absolute Gasteiger partial charge is 0.493 e. The lowest BCUT2D eigenvalue weighted by Crippen LogP contribution is -2.13. The van der Waals surface area contributed by atoms with Crippen LogP contribution in [0.25, 0.3) is 11.1 Å². The molecule has 0 fully saturated rings. The quantitative estimate of drug-likeness (QED) is 0.937. The number of pyridine rings is 1. The minimum Gasteiger partial charge on any atom is -0.493 e. The Morgan fingerprint density at radius 2 is 2.10 bits per heavy atom. The first kappa shape index (κ1) is 15.1. The van der Waals surface area contributed by atoms with Gasteiger partial charge >= 0.3 is 0 Å². The number of hydrogen-bond acceptors (Lipinski definition) is 3. The first-order chi connectivity index (χ1) is 10.1. The SMILES string of the molecule is CCCOc1ccc(Cl)cc1-c1cc(C)[nH]c(=O)c1C#N. The summed E-state index contributed by atoms with van der Waals surface area (Å²) in [6.07, 6.45) is 0.863. The molecule has 2 rings (SSSR count). The van der Waals surface area contributed by atoms with Crippen LogP contribution < -0.4 is 10.3 Å². The van der Waals surface area contributed by atoms with Crippen LogP contribution in [-0.4, -0.2) is 11.6 Å². The van der Waals surface area contributed by atoms with Gasteiger partial charge in [-0.05, 0) is 37.6 Å². The summed E-state index contributed by atoms with van der Waals surface area (Å²) >= 11 is 6.05. The maximum atomic E-state index is 11.9. The van der Waals surface area contributed by atoms with E-state index in [0.717, 1.165) is 6.42 Å². The lowest BCUT2D eigenvalue weighted by Gasteiger charge is -2.13. The molecular formula is C16H15ClN2O2. The van der Waals surface area contributed by atoms with Gasteiger partial charge in [-0.15, -0.1) is 0 Å². The second kappa shape index (κ2) is 6.47. The maximum absolute atomic E-state index is 11.9. The molecular weight excluding hydrogens is 288 g/mol. The van der Waals surface area contributed by atoms with Gasteiger partial charge in [0.05, 0.1) is 6.61 Å². The van der Waals surface area contributed by atoms with Crippen LogP contribution in [0.1, 0.15) is 24.6 Å². The fourth-order valence-electron chi connectivity index (χ4n) is 2.06. The number of halogens is 1. The van der Waals surface area contributed by atoms with Crippen molar-refractivity contribution in [1.29, 1.82) is 5.26 Å². The normalized spacial score (nSPS) is 10.2. The van der Waals surface area contributed by atoms with E-state index in [1.54, 1.807) is 31.2 Å². The van der Waals surface area contributed by atoms with Crippen LogP contribution >= 0.6 is 11.6 Å². The van der Waals surface area contributed by atoms with Crippen molar-refractivity contribution in [3.05, 3.63) is 50.9 Å². The van der Waals surface area contributed by atoms with Gasteiger partial charge in [0.25, 0.3) is 5.56 Å². The van der Waals surface area contributed by atoms with E-state index in [-0.39, 0.29) is 5.56 Å². The maximum Gasteiger partial charge on any atom is 0.266 e. The molecule has 1 heterocycles. The molecule has 0 spiro atoms. The number of hydrogen-bond donors (Lipinski definition) is 1. The van der Waals surface area contributed by atoms with Crippen molar-refractivity contribution < 1.29 is 4.74 Å². The number of nitrogens with zero attached hydrogens (tertiary/aromatic N) is 1. The van der Waals surface area contributed by atoms with Crippen molar-refractivity contribution in [2.45, 2.75) is 20.3 Å². The van der Waals surface area contributed by atoms with E-state index in [2.05, 4.69) is 4.98 Å². The van der Waals surface area contributed by atoms with E-state index >= 15 is 0 Å². The van der Waals surface area contributed by atoms with Gasteiger partial charge in [0, 0.05) is 21.8 Å². The summed E-state index contributed by atoms with van der Waals surface area (Å²) in [5.41, 5.74) is 1.52. The smallest absolute Gasteiger partial charge is 0.266 e. The van der Waals surface area contributed by atoms with Gasteiger partial charge < -0.3 is 9.72 Å². The zero-order valence-corrected chi connectivity index (χ0v) is 12.6. The molecule has 0 aliphatic rings. The highest BCUT2D eigenvalue weighted by Gasteiger charge is 2.15. The predicted octanol–water partition coefficient (Wildman–Crippen LogP) is 3.66. The summed E-state index contributed by atoms with van der Waals surface area (Å²) in [5.74, 6) is 0.614. The minimum atomic E-state index is -0.408. The highest BCUT2D eigenvalue weighted by Crippen LogP contribution is 2.34. The van der Waals surface area contributed by atoms with Crippen LogP contribution in [-0.2, 0) is 0 Å². The topological polar surface area (TPSA) is 65.9 Å². The minimum absolute atomic E-state index is 0.0595. The highest BCUT2D eigenvalue weighted by atomic mass is 35.5. The van der Waals surface area contributed by atoms with E-state index < -0.39 is 5.56 Å². The van der Waals surface area contributed by atoms with Crippen molar-refractivity contribution in [1.82, 2.24) is 4.98 Å². The molecule has 0 bridgehead atoms. The van der Waals surface area contributed by atoms with Gasteiger partial charge in [-0.3, -0.25) is 4.79 Å². The molecule has 0 aliphatic heterocycles. The molecule has 0 unspecified atom stereocenters. The third kappa shape index (κ3) is 3.26. The Bertz CT molecular complexity index is 760. The molecule has 1 aromatic carbocycles. The molecule has 0 radical (unpaired) electrons. The second-order valence-electron chi connectivity index (χ2n) is 4.67. The Labute approximate surface area is 128 Å². The first-order valence-corrected chi connectivity index (χ1v) is 7.01. The Morgan fingerprint density at radius 3 is 2.76 bits per heavy atom. The van der Waals surface area contributed by atoms with Crippen molar-refractivity contribution in [3.63, 3.8) is 0 Å². The Balaban J connectivity index is 2.69. The lowest BCUT2D eigenvalue weighted by molar-refractivity contribution is 0.318. The zero-order valence-electron chi connectivity index (χ0n) is 11.9. The van der Waals surface area contributed by atoms with Gasteiger partial charge in [-0.2, -0.15) is 5.26 Å². The van der Waals surface area contributed by atoms with Crippen molar-refractivity contribution >= 4 is 11.6 Å². The predicted molar refractivity (Wildman–Crippen MR) is 82.7 cm³/mol. The monoisotopic (exact) mass is 302 g/mol. The number of aryl methyl sites for hydroxylation is 1. The van der Waals surface area contributed by atoms with Crippen molar-refractivity contribution in [2.75, 3.05) is 6.61 Å². The summed E-state index contributed by atoms with van der Waals surface area (Å²) in [5, 5.41) is 9.77. The Morgan fingerprint density at radius 1 is 1.33 bits per heavy atom. The summed E-state index contributed by atoms with van der Waals surface area (Å²) in [4.78, 5) is 14.5. The summed E-state index contributed by atoms with van der Waals surface area (Å²) in [6.45, 7) is 4.33. The molecule has 21 heavy (non-hydrogen) atoms. The van der Waals surface area contributed by atoms with E-state index in [4.69, 9.17) is 16.3 Å². The summed E-state index contributed by atoms with van der Waals surface area (Å²) in [6, 6.07) is 8.89. The average Bonchev–Trinajstić information content (AvgIpc) is 2.45. The fourth-order valence-corrected chi connectivity index (χ4v) is 2.23. The molecule has 0 saturated heterocycles. The van der Waals surface area contributed by atoms with Gasteiger partial charge in [0.15, 0.2) is 0 Å². The molecule has 0 aliphatic carbocycles. The molecule has 1 aromatic heterocycles. The number of nitrogens with one attached hydrogen (secondary N) is 1. The van der Waals surface area contributed by atoms with E-state index in [1.807, 2.05) is 13.0 Å². The summed E-state index contributed by atoms with van der Waals surface area (Å²) in [7, 11) is 0. The van der Waals surface area contributed by atoms with Crippen molar-refractivity contribution in [2.24, 2.45) is 0 Å². The standard InChI is InChI=1S/C16H15ClN2O2/c1-3-6-21-15-5-4-11(17)8-13(15)12-7-10(2)19-16(20)14(12)9-18/h4-5,7-8H,3,6H2,1-2H3,(H,19,20). The molecule has 2 aromatic rings. The van der Waals surface area contributed by atoms with Gasteiger partial charge in [-0.25, -0.2) is 0 Å². The Hall–Kier alpha value is -2.25. The number of H-pyrrole nitrogens is 1. The number of benzene rings is 1. The molecule has 5 heteroatoms. The van der Waals surface area contributed by atoms with Crippen LogP contribution in [0.15, 0.2) is 29.1 Å². The lowest BCUT2D eigenvalue weighted by atomic mass is 10.00. The number of rotatable bonds is 4. The number of aromatic amines is 1. The van der Waals surface area contributed by atoms with E-state index in [1.165, 1.54) is 0 Å². The van der Waals surface area contributed by atoms with E-state index in [0.29, 0.717) is 34.2 Å². The van der Waals surface area contributed by atoms with Crippen molar-refractivity contribution in [3.8, 4) is 22.9 Å². The Kier molecular flexibility index (Phi) is 4.66.